The summed E-state index contributed by atoms with van der Waals surface area (Å²) >= 11 is 1.91. The highest BCUT2D eigenvalue weighted by atomic mass is 32.2. The van der Waals surface area contributed by atoms with Crippen molar-refractivity contribution in [3.63, 3.8) is 0 Å². The van der Waals surface area contributed by atoms with Crippen LogP contribution in [0.2, 0.25) is 0 Å². The normalized spacial score (nSPS) is 21.8. The second-order valence-electron chi connectivity index (χ2n) is 9.79. The molecule has 2 fully saturated rings. The van der Waals surface area contributed by atoms with Gasteiger partial charge >= 0.3 is 6.03 Å². The molecule has 3 rings (SSSR count). The van der Waals surface area contributed by atoms with Crippen LogP contribution in [0.4, 0.5) is 4.79 Å². The van der Waals surface area contributed by atoms with Crippen LogP contribution in [0.25, 0.3) is 0 Å². The van der Waals surface area contributed by atoms with E-state index < -0.39 is 0 Å². The van der Waals surface area contributed by atoms with Crippen LogP contribution >= 0.6 is 11.8 Å². The van der Waals surface area contributed by atoms with E-state index in [9.17, 15) is 19.5 Å². The largest absolute Gasteiger partial charge is 0.875 e. The van der Waals surface area contributed by atoms with Crippen molar-refractivity contribution in [2.24, 2.45) is 0 Å². The molecule has 0 aromatic carbocycles. The number of rotatable bonds is 17. The van der Waals surface area contributed by atoms with Gasteiger partial charge in [0.05, 0.1) is 12.1 Å². The number of allylic oxidation sites excluding steroid dienone is 6. The van der Waals surface area contributed by atoms with Gasteiger partial charge < -0.3 is 26.4 Å². The van der Waals surface area contributed by atoms with E-state index in [1.165, 1.54) is 0 Å². The van der Waals surface area contributed by atoms with Crippen molar-refractivity contribution in [2.75, 3.05) is 18.8 Å². The molecular weight excluding hydrogens is 476 g/mol. The van der Waals surface area contributed by atoms with E-state index in [1.54, 1.807) is 0 Å². The summed E-state index contributed by atoms with van der Waals surface area (Å²) in [4.78, 5) is 35.4. The third-order valence-electron chi connectivity index (χ3n) is 6.87. The number of urea groups is 1. The number of hydrogen-bond donors (Lipinski definition) is 4. The Balaban J connectivity index is 1.07. The van der Waals surface area contributed by atoms with E-state index in [1.807, 2.05) is 36.1 Å². The molecule has 0 saturated carbocycles. The molecule has 4 amide bonds. The lowest BCUT2D eigenvalue weighted by atomic mass is 10.0. The molecule has 2 aliphatic heterocycles. The number of hydrogen-bond acceptors (Lipinski definition) is 5. The van der Waals surface area contributed by atoms with Crippen molar-refractivity contribution >= 4 is 29.6 Å². The van der Waals surface area contributed by atoms with Gasteiger partial charge in [-0.15, -0.1) is 5.76 Å². The molecule has 4 N–H and O–H groups in total. The lowest BCUT2D eigenvalue weighted by Gasteiger charge is -2.16. The SMILES string of the molecule is O=C(CCCCCNC(=O)CCCC[C@@H]1SC[C@@H]2NC(=O)N[C@@H]21)NCCCCCC([O-])=C1C=CC=C1. The topological polar surface area (TPSA) is 122 Å². The maximum absolute atomic E-state index is 12.0. The molecule has 3 atom stereocenters. The van der Waals surface area contributed by atoms with Crippen molar-refractivity contribution < 1.29 is 19.5 Å². The highest BCUT2D eigenvalue weighted by molar-refractivity contribution is 8.00. The quantitative estimate of drug-likeness (QED) is 0.134. The molecule has 8 nitrogen and oxygen atoms in total. The third kappa shape index (κ3) is 9.91. The summed E-state index contributed by atoms with van der Waals surface area (Å²) in [6.07, 6.45) is 17.2. The lowest BCUT2D eigenvalue weighted by Crippen LogP contribution is -2.36. The fraction of sp³-hybridized carbons (Fsp3) is 0.667. The van der Waals surface area contributed by atoms with Crippen LogP contribution < -0.4 is 26.4 Å². The molecule has 3 aliphatic rings. The Labute approximate surface area is 219 Å². The zero-order chi connectivity index (χ0) is 25.6. The minimum Gasteiger partial charge on any atom is -0.875 e. The van der Waals surface area contributed by atoms with Gasteiger partial charge in [-0.3, -0.25) is 9.59 Å². The van der Waals surface area contributed by atoms with Crippen molar-refractivity contribution in [2.45, 2.75) is 94.4 Å². The molecule has 200 valence electrons. The van der Waals surface area contributed by atoms with Crippen LogP contribution in [0.5, 0.6) is 0 Å². The number of carbonyl (C=O) groups is 3. The molecule has 0 aromatic heterocycles. The van der Waals surface area contributed by atoms with Gasteiger partial charge in [0, 0.05) is 36.9 Å². The van der Waals surface area contributed by atoms with Crippen LogP contribution in [0.15, 0.2) is 35.6 Å². The summed E-state index contributed by atoms with van der Waals surface area (Å²) in [6.45, 7) is 1.31. The van der Waals surface area contributed by atoms with Crippen LogP contribution in [0, 0.1) is 0 Å². The predicted octanol–water partition coefficient (Wildman–Crippen LogP) is 2.81. The Morgan fingerprint density at radius 3 is 2.14 bits per heavy atom. The number of nitrogens with one attached hydrogen (secondary N) is 4. The first-order valence-corrected chi connectivity index (χ1v) is 14.5. The van der Waals surface area contributed by atoms with E-state index in [0.29, 0.717) is 37.6 Å². The molecule has 2 saturated heterocycles. The Kier molecular flexibility index (Phi) is 12.2. The molecule has 0 aromatic rings. The van der Waals surface area contributed by atoms with Crippen LogP contribution in [0.1, 0.15) is 77.0 Å². The van der Waals surface area contributed by atoms with E-state index in [2.05, 4.69) is 21.3 Å². The second-order valence-corrected chi connectivity index (χ2v) is 11.1. The highest BCUT2D eigenvalue weighted by Gasteiger charge is 2.42. The molecule has 1 aliphatic carbocycles. The average molecular weight is 518 g/mol. The predicted molar refractivity (Wildman–Crippen MR) is 142 cm³/mol. The van der Waals surface area contributed by atoms with Gasteiger partial charge in [0.25, 0.3) is 0 Å². The van der Waals surface area contributed by atoms with E-state index in [4.69, 9.17) is 0 Å². The van der Waals surface area contributed by atoms with Crippen LogP contribution in [-0.2, 0) is 9.59 Å². The van der Waals surface area contributed by atoms with Gasteiger partial charge in [0.1, 0.15) is 0 Å². The molecule has 0 spiro atoms. The van der Waals surface area contributed by atoms with E-state index >= 15 is 0 Å². The molecule has 0 radical (unpaired) electrons. The standard InChI is InChI=1S/C27H42N4O4S/c32-22(20-11-5-6-12-20)13-3-1-9-17-28-24(33)15-4-2-10-18-29-25(34)16-8-7-14-23-26-21(19-36-23)30-27(35)31-26/h5-6,11-12,21,23,26,32H,1-4,7-10,13-19H2,(H,28,33)(H,29,34)(H2,30,31,35)/p-1/t21-,23-,26-/m0/s1. The molecule has 0 bridgehead atoms. The monoisotopic (exact) mass is 517 g/mol. The Morgan fingerprint density at radius 1 is 0.861 bits per heavy atom. The first-order chi connectivity index (χ1) is 17.5. The van der Waals surface area contributed by atoms with E-state index in [-0.39, 0.29) is 35.7 Å². The molecule has 9 heteroatoms. The summed E-state index contributed by atoms with van der Waals surface area (Å²) < 4.78 is 0. The van der Waals surface area contributed by atoms with Gasteiger partial charge in [-0.2, -0.15) is 11.8 Å². The number of unbranched alkanes of at least 4 members (excludes halogenated alkanes) is 5. The van der Waals surface area contributed by atoms with Gasteiger partial charge in [0.15, 0.2) is 0 Å². The smallest absolute Gasteiger partial charge is 0.315 e. The van der Waals surface area contributed by atoms with E-state index in [0.717, 1.165) is 69.1 Å². The first-order valence-electron chi connectivity index (χ1n) is 13.5. The van der Waals surface area contributed by atoms with Crippen molar-refractivity contribution in [1.29, 1.82) is 0 Å². The average Bonchev–Trinajstić information content (AvgIpc) is 3.60. The first kappa shape index (κ1) is 28.2. The summed E-state index contributed by atoms with van der Waals surface area (Å²) in [5.41, 5.74) is 0.787. The van der Waals surface area contributed by atoms with Gasteiger partial charge in [-0.05, 0) is 44.1 Å². The van der Waals surface area contributed by atoms with Gasteiger partial charge in [-0.1, -0.05) is 50.0 Å². The molecular formula is C27H41N4O4S-. The van der Waals surface area contributed by atoms with Crippen molar-refractivity contribution in [3.05, 3.63) is 35.6 Å². The van der Waals surface area contributed by atoms with Crippen LogP contribution in [-0.4, -0.2) is 54.0 Å². The Bertz CT molecular complexity index is 828. The number of amides is 4. The number of fused-ring (bicyclic) bond motifs is 1. The zero-order valence-electron chi connectivity index (χ0n) is 21.2. The minimum atomic E-state index is -0.0545. The van der Waals surface area contributed by atoms with Gasteiger partial charge in [0.2, 0.25) is 11.8 Å². The maximum atomic E-state index is 12.0. The summed E-state index contributed by atoms with van der Waals surface area (Å²) in [6, 6.07) is 0.434. The lowest BCUT2D eigenvalue weighted by molar-refractivity contribution is -0.307. The van der Waals surface area contributed by atoms with Gasteiger partial charge in [-0.25, -0.2) is 4.79 Å². The third-order valence-corrected chi connectivity index (χ3v) is 8.38. The van der Waals surface area contributed by atoms with Crippen molar-refractivity contribution in [1.82, 2.24) is 21.3 Å². The summed E-state index contributed by atoms with van der Waals surface area (Å²) in [5.74, 6) is 1.33. The Hall–Kier alpha value is -2.42. The molecule has 0 unspecified atom stereocenters. The minimum absolute atomic E-state index is 0.0545. The fourth-order valence-electron chi connectivity index (χ4n) is 4.79. The Morgan fingerprint density at radius 2 is 1.47 bits per heavy atom. The highest BCUT2D eigenvalue weighted by Crippen LogP contribution is 2.33. The van der Waals surface area contributed by atoms with Crippen LogP contribution in [0.3, 0.4) is 0 Å². The van der Waals surface area contributed by atoms with Crippen molar-refractivity contribution in [3.8, 4) is 0 Å². The summed E-state index contributed by atoms with van der Waals surface area (Å²) in [7, 11) is 0. The molecule has 36 heavy (non-hydrogen) atoms. The molecule has 2 heterocycles. The summed E-state index contributed by atoms with van der Waals surface area (Å²) in [5, 5.41) is 24.2. The number of carbonyl (C=O) groups excluding carboxylic acids is 3. The maximum Gasteiger partial charge on any atom is 0.315 e. The number of thioether (sulfide) groups is 1. The zero-order valence-corrected chi connectivity index (χ0v) is 22.0. The second kappa shape index (κ2) is 15.6. The fourth-order valence-corrected chi connectivity index (χ4v) is 6.33.